The molecule has 178 valence electrons. The van der Waals surface area contributed by atoms with Gasteiger partial charge in [0.05, 0.1) is 34.4 Å². The summed E-state index contributed by atoms with van der Waals surface area (Å²) in [5.74, 6) is 0.243. The van der Waals surface area contributed by atoms with Crippen LogP contribution in [0.1, 0.15) is 11.1 Å². The molecule has 0 radical (unpaired) electrons. The molecule has 0 saturated carbocycles. The highest BCUT2D eigenvalue weighted by atomic mass is 32.2. The smallest absolute Gasteiger partial charge is 0.417 e. The second-order valence-corrected chi connectivity index (χ2v) is 8.38. The quantitative estimate of drug-likeness (QED) is 0.262. The summed E-state index contributed by atoms with van der Waals surface area (Å²) in [6, 6.07) is 13.8. The monoisotopic (exact) mass is 494 g/mol. The molecule has 3 aromatic rings. The normalized spacial score (nSPS) is 11.9. The van der Waals surface area contributed by atoms with E-state index in [1.54, 1.807) is 12.1 Å². The molecule has 0 aliphatic heterocycles. The summed E-state index contributed by atoms with van der Waals surface area (Å²) in [6.07, 6.45) is -3.75. The first-order chi connectivity index (χ1) is 16.0. The van der Waals surface area contributed by atoms with Crippen molar-refractivity contribution in [3.8, 4) is 5.75 Å². The van der Waals surface area contributed by atoms with Gasteiger partial charge in [-0.2, -0.15) is 18.3 Å². The zero-order valence-electron chi connectivity index (χ0n) is 17.4. The zero-order chi connectivity index (χ0) is 24.9. The average Bonchev–Trinajstić information content (AvgIpc) is 2.79. The van der Waals surface area contributed by atoms with Gasteiger partial charge in [0.25, 0.3) is 15.7 Å². The highest BCUT2D eigenvalue weighted by molar-refractivity contribution is 7.92. The van der Waals surface area contributed by atoms with Crippen molar-refractivity contribution in [1.82, 2.24) is 0 Å². The predicted octanol–water partition coefficient (Wildman–Crippen LogP) is 4.87. The van der Waals surface area contributed by atoms with Crippen molar-refractivity contribution in [3.63, 3.8) is 0 Å². The van der Waals surface area contributed by atoms with Crippen molar-refractivity contribution < 1.29 is 31.2 Å². The van der Waals surface area contributed by atoms with Gasteiger partial charge in [-0.3, -0.25) is 20.3 Å². The molecule has 0 fully saturated rings. The van der Waals surface area contributed by atoms with Gasteiger partial charge in [0.2, 0.25) is 0 Å². The molecule has 0 amide bonds. The lowest BCUT2D eigenvalue weighted by Gasteiger charge is -2.12. The molecular formula is C21H17F3N4O5S. The third-order valence-corrected chi connectivity index (χ3v) is 5.85. The number of halogens is 3. The van der Waals surface area contributed by atoms with Gasteiger partial charge >= 0.3 is 6.18 Å². The number of nitro groups is 1. The Kier molecular flexibility index (Phi) is 7.05. The Morgan fingerprint density at radius 1 is 1.03 bits per heavy atom. The van der Waals surface area contributed by atoms with Crippen LogP contribution in [0, 0.1) is 10.1 Å². The maximum absolute atomic E-state index is 13.1. The Balaban J connectivity index is 1.88. The molecule has 3 rings (SSSR count). The predicted molar refractivity (Wildman–Crippen MR) is 120 cm³/mol. The van der Waals surface area contributed by atoms with Crippen molar-refractivity contribution >= 4 is 33.3 Å². The number of hydrogen-bond donors (Lipinski definition) is 2. The van der Waals surface area contributed by atoms with E-state index in [4.69, 9.17) is 4.74 Å². The van der Waals surface area contributed by atoms with E-state index in [9.17, 15) is 31.7 Å². The number of hydrazone groups is 1. The van der Waals surface area contributed by atoms with E-state index in [0.717, 1.165) is 30.5 Å². The molecule has 0 heterocycles. The van der Waals surface area contributed by atoms with Crippen molar-refractivity contribution in [3.05, 3.63) is 88.0 Å². The lowest BCUT2D eigenvalue weighted by molar-refractivity contribution is -0.384. The molecule has 0 bridgehead atoms. The molecule has 0 aromatic heterocycles. The molecule has 0 aliphatic rings. The minimum Gasteiger partial charge on any atom is -0.495 e. The van der Waals surface area contributed by atoms with E-state index >= 15 is 0 Å². The van der Waals surface area contributed by atoms with Crippen LogP contribution in [0.25, 0.3) is 0 Å². The minimum atomic E-state index is -4.61. The van der Waals surface area contributed by atoms with Gasteiger partial charge in [0.15, 0.2) is 0 Å². The molecule has 3 aromatic carbocycles. The molecule has 0 saturated heterocycles. The molecule has 0 atom stereocenters. The zero-order valence-corrected chi connectivity index (χ0v) is 18.2. The number of hydrogen-bond acceptors (Lipinski definition) is 7. The Morgan fingerprint density at radius 3 is 2.38 bits per heavy atom. The summed E-state index contributed by atoms with van der Waals surface area (Å²) in [7, 11) is -2.88. The summed E-state index contributed by atoms with van der Waals surface area (Å²) >= 11 is 0. The van der Waals surface area contributed by atoms with Crippen LogP contribution in [-0.2, 0) is 16.2 Å². The summed E-state index contributed by atoms with van der Waals surface area (Å²) in [5, 5.41) is 15.2. The van der Waals surface area contributed by atoms with E-state index in [1.165, 1.54) is 37.4 Å². The fraction of sp³-hybridized carbons (Fsp3) is 0.0952. The molecular weight excluding hydrogens is 477 g/mol. The number of rotatable bonds is 8. The van der Waals surface area contributed by atoms with Crippen LogP contribution >= 0.6 is 0 Å². The maximum Gasteiger partial charge on any atom is 0.417 e. The van der Waals surface area contributed by atoms with Crippen LogP contribution in [0.15, 0.2) is 76.7 Å². The fourth-order valence-corrected chi connectivity index (χ4v) is 3.99. The standard InChI is InChI=1S/C21H17F3N4O5S/c1-33-20-9-5-4-8-18(20)27-34(31,32)15-10-11-17(19(12-15)28(29)30)26-25-13-14-6-2-3-7-16(14)21(22,23)24/h2-13,26-27H,1H3/b25-13+. The third kappa shape index (κ3) is 5.61. The Labute approximate surface area is 192 Å². The second kappa shape index (κ2) is 9.79. The Morgan fingerprint density at radius 2 is 1.71 bits per heavy atom. The summed E-state index contributed by atoms with van der Waals surface area (Å²) < 4.78 is 72.1. The van der Waals surface area contributed by atoms with Crippen molar-refractivity contribution in [1.29, 1.82) is 0 Å². The number of para-hydroxylation sites is 2. The summed E-state index contributed by atoms with van der Waals surface area (Å²) in [5.41, 5.74) is 0.361. The molecule has 0 spiro atoms. The topological polar surface area (TPSA) is 123 Å². The van der Waals surface area contributed by atoms with Gasteiger partial charge in [0, 0.05) is 11.6 Å². The SMILES string of the molecule is COc1ccccc1NS(=O)(=O)c1ccc(N/N=C/c2ccccc2C(F)(F)F)c([N+](=O)[O-])c1. The van der Waals surface area contributed by atoms with E-state index < -0.39 is 37.3 Å². The maximum atomic E-state index is 13.1. The van der Waals surface area contributed by atoms with Crippen molar-refractivity contribution in [2.24, 2.45) is 5.10 Å². The molecule has 0 aliphatic carbocycles. The van der Waals surface area contributed by atoms with Gasteiger partial charge in [-0.05, 0) is 30.3 Å². The minimum absolute atomic E-state index is 0.128. The number of nitrogens with one attached hydrogen (secondary N) is 2. The van der Waals surface area contributed by atoms with Gasteiger partial charge in [-0.25, -0.2) is 8.42 Å². The number of ether oxygens (including phenoxy) is 1. The molecule has 0 unspecified atom stereocenters. The van der Waals surface area contributed by atoms with E-state index in [1.807, 2.05) is 0 Å². The third-order valence-electron chi connectivity index (χ3n) is 4.48. The second-order valence-electron chi connectivity index (χ2n) is 6.70. The Bertz CT molecular complexity index is 1340. The number of anilines is 2. The number of alkyl halides is 3. The van der Waals surface area contributed by atoms with E-state index in [2.05, 4.69) is 15.2 Å². The van der Waals surface area contributed by atoms with Crippen LogP contribution in [0.2, 0.25) is 0 Å². The van der Waals surface area contributed by atoms with Crippen LogP contribution in [0.3, 0.4) is 0 Å². The van der Waals surface area contributed by atoms with Crippen LogP contribution in [-0.4, -0.2) is 26.7 Å². The first-order valence-electron chi connectivity index (χ1n) is 9.42. The van der Waals surface area contributed by atoms with E-state index in [-0.39, 0.29) is 22.7 Å². The summed E-state index contributed by atoms with van der Waals surface area (Å²) in [4.78, 5) is 10.2. The molecule has 2 N–H and O–H groups in total. The van der Waals surface area contributed by atoms with E-state index in [0.29, 0.717) is 0 Å². The van der Waals surface area contributed by atoms with Crippen LogP contribution < -0.4 is 14.9 Å². The fourth-order valence-electron chi connectivity index (χ4n) is 2.90. The lowest BCUT2D eigenvalue weighted by atomic mass is 10.1. The Hall–Kier alpha value is -4.13. The first-order valence-corrected chi connectivity index (χ1v) is 10.9. The van der Waals surface area contributed by atoms with Crippen LogP contribution in [0.4, 0.5) is 30.2 Å². The van der Waals surface area contributed by atoms with Gasteiger partial charge in [0.1, 0.15) is 11.4 Å². The van der Waals surface area contributed by atoms with Gasteiger partial charge in [-0.15, -0.1) is 0 Å². The first kappa shape index (κ1) is 24.5. The molecule has 9 nitrogen and oxygen atoms in total. The largest absolute Gasteiger partial charge is 0.495 e. The van der Waals surface area contributed by atoms with Gasteiger partial charge < -0.3 is 4.74 Å². The number of methoxy groups -OCH3 is 1. The lowest BCUT2D eigenvalue weighted by Crippen LogP contribution is -2.14. The average molecular weight is 494 g/mol. The summed E-state index contributed by atoms with van der Waals surface area (Å²) in [6.45, 7) is 0. The van der Waals surface area contributed by atoms with Crippen LogP contribution in [0.5, 0.6) is 5.75 Å². The highest BCUT2D eigenvalue weighted by Crippen LogP contribution is 2.32. The van der Waals surface area contributed by atoms with Gasteiger partial charge in [-0.1, -0.05) is 30.3 Å². The molecule has 13 heteroatoms. The molecule has 34 heavy (non-hydrogen) atoms. The van der Waals surface area contributed by atoms with Crippen molar-refractivity contribution in [2.75, 3.05) is 17.3 Å². The highest BCUT2D eigenvalue weighted by Gasteiger charge is 2.32. The number of nitro benzene ring substituents is 1. The number of benzene rings is 3. The van der Waals surface area contributed by atoms with Crippen molar-refractivity contribution in [2.45, 2.75) is 11.1 Å². The number of nitrogens with zero attached hydrogens (tertiary/aromatic N) is 2. The number of sulfonamides is 1.